The Morgan fingerprint density at radius 1 is 1.56 bits per heavy atom. The van der Waals surface area contributed by atoms with Crippen molar-refractivity contribution >= 4 is 15.9 Å². The van der Waals surface area contributed by atoms with Crippen molar-refractivity contribution in [2.45, 2.75) is 25.8 Å². The molecule has 88 valence electrons. The molecular formula is C12H15BrFNO. The summed E-state index contributed by atoms with van der Waals surface area (Å²) in [5.41, 5.74) is 2.00. The number of nitrogens with one attached hydrogen (secondary N) is 1. The van der Waals surface area contributed by atoms with E-state index in [2.05, 4.69) is 21.2 Å². The second kappa shape index (κ2) is 4.72. The summed E-state index contributed by atoms with van der Waals surface area (Å²) < 4.78 is 19.8. The molecule has 0 bridgehead atoms. The number of benzene rings is 1. The summed E-state index contributed by atoms with van der Waals surface area (Å²) in [6.07, 6.45) is 2.16. The van der Waals surface area contributed by atoms with Crippen molar-refractivity contribution < 1.29 is 9.13 Å². The van der Waals surface area contributed by atoms with E-state index in [0.717, 1.165) is 35.0 Å². The second-order valence-corrected chi connectivity index (χ2v) is 4.92. The first-order valence-electron chi connectivity index (χ1n) is 5.41. The fraction of sp³-hybridized carbons (Fsp3) is 0.500. The van der Waals surface area contributed by atoms with Gasteiger partial charge in [0, 0.05) is 16.1 Å². The highest BCUT2D eigenvalue weighted by molar-refractivity contribution is 9.10. The lowest BCUT2D eigenvalue weighted by molar-refractivity contribution is 0.374. The molecule has 1 N–H and O–H groups in total. The van der Waals surface area contributed by atoms with E-state index in [4.69, 9.17) is 4.74 Å². The van der Waals surface area contributed by atoms with Gasteiger partial charge in [0.2, 0.25) is 0 Å². The molecule has 16 heavy (non-hydrogen) atoms. The highest BCUT2D eigenvalue weighted by atomic mass is 79.9. The molecule has 1 atom stereocenters. The summed E-state index contributed by atoms with van der Waals surface area (Å²) >= 11 is 3.38. The average Bonchev–Trinajstić information content (AvgIpc) is 2.76. The van der Waals surface area contributed by atoms with E-state index in [1.54, 1.807) is 0 Å². The Balaban J connectivity index is 2.54. The third kappa shape index (κ3) is 1.96. The average molecular weight is 288 g/mol. The van der Waals surface area contributed by atoms with Crippen LogP contribution in [0, 0.1) is 12.7 Å². The number of methoxy groups -OCH3 is 1. The van der Waals surface area contributed by atoms with E-state index in [0.29, 0.717) is 5.75 Å². The first-order chi connectivity index (χ1) is 7.65. The number of halogens is 2. The molecule has 1 aromatic rings. The van der Waals surface area contributed by atoms with Gasteiger partial charge in [-0.1, -0.05) is 15.9 Å². The van der Waals surface area contributed by atoms with Gasteiger partial charge in [0.05, 0.1) is 7.11 Å². The SMILES string of the molecule is COc1c(F)cc(Br)c(C)c1C1CCCN1. The molecule has 0 aliphatic carbocycles. The van der Waals surface area contributed by atoms with Gasteiger partial charge < -0.3 is 10.1 Å². The molecule has 1 fully saturated rings. The molecule has 1 heterocycles. The maximum Gasteiger partial charge on any atom is 0.166 e. The highest BCUT2D eigenvalue weighted by Crippen LogP contribution is 2.38. The first kappa shape index (κ1) is 11.9. The fourth-order valence-electron chi connectivity index (χ4n) is 2.27. The van der Waals surface area contributed by atoms with Gasteiger partial charge in [0.15, 0.2) is 11.6 Å². The molecule has 0 aromatic heterocycles. The van der Waals surface area contributed by atoms with Crippen LogP contribution in [0.15, 0.2) is 10.5 Å². The van der Waals surface area contributed by atoms with Gasteiger partial charge >= 0.3 is 0 Å². The van der Waals surface area contributed by atoms with Gasteiger partial charge in [-0.3, -0.25) is 0 Å². The van der Waals surface area contributed by atoms with Crippen molar-refractivity contribution in [2.75, 3.05) is 13.7 Å². The molecule has 1 aliphatic rings. The number of hydrogen-bond donors (Lipinski definition) is 1. The molecular weight excluding hydrogens is 273 g/mol. The van der Waals surface area contributed by atoms with Gasteiger partial charge in [-0.15, -0.1) is 0 Å². The Hall–Kier alpha value is -0.610. The highest BCUT2D eigenvalue weighted by Gasteiger charge is 2.25. The maximum atomic E-state index is 13.8. The molecule has 0 radical (unpaired) electrons. The summed E-state index contributed by atoms with van der Waals surface area (Å²) in [6.45, 7) is 2.97. The van der Waals surface area contributed by atoms with E-state index < -0.39 is 0 Å². The maximum absolute atomic E-state index is 13.8. The van der Waals surface area contributed by atoms with E-state index in [1.165, 1.54) is 13.2 Å². The number of rotatable bonds is 2. The minimum Gasteiger partial charge on any atom is -0.493 e. The summed E-state index contributed by atoms with van der Waals surface area (Å²) in [7, 11) is 1.52. The second-order valence-electron chi connectivity index (χ2n) is 4.06. The normalized spacial score (nSPS) is 20.1. The van der Waals surface area contributed by atoms with Crippen LogP contribution in [0.2, 0.25) is 0 Å². The molecule has 0 amide bonds. The van der Waals surface area contributed by atoms with Crippen LogP contribution in [0.1, 0.15) is 30.0 Å². The van der Waals surface area contributed by atoms with Gasteiger partial charge in [0.25, 0.3) is 0 Å². The summed E-state index contributed by atoms with van der Waals surface area (Å²) in [5.74, 6) is 0.0729. The zero-order valence-corrected chi connectivity index (χ0v) is 11.0. The van der Waals surface area contributed by atoms with Crippen LogP contribution in [0.25, 0.3) is 0 Å². The number of ether oxygens (including phenoxy) is 1. The van der Waals surface area contributed by atoms with Crippen LogP contribution in [-0.2, 0) is 0 Å². The molecule has 1 aliphatic heterocycles. The third-order valence-corrected chi connectivity index (χ3v) is 3.91. The van der Waals surface area contributed by atoms with Crippen LogP contribution in [0.4, 0.5) is 4.39 Å². The summed E-state index contributed by atoms with van der Waals surface area (Å²) in [5, 5.41) is 3.38. The number of hydrogen-bond acceptors (Lipinski definition) is 2. The van der Waals surface area contributed by atoms with Gasteiger partial charge in [-0.05, 0) is 37.9 Å². The molecule has 2 nitrogen and oxygen atoms in total. The molecule has 1 saturated heterocycles. The Labute approximate surface area is 103 Å². The van der Waals surface area contributed by atoms with E-state index in [-0.39, 0.29) is 11.9 Å². The standard InChI is InChI=1S/C12H15BrFNO/c1-7-8(13)6-9(14)12(16-2)11(7)10-4-3-5-15-10/h6,10,15H,3-5H2,1-2H3. The molecule has 4 heteroatoms. The molecule has 1 unspecified atom stereocenters. The Morgan fingerprint density at radius 2 is 2.31 bits per heavy atom. The lowest BCUT2D eigenvalue weighted by atomic mass is 9.98. The third-order valence-electron chi connectivity index (χ3n) is 3.09. The van der Waals surface area contributed by atoms with Crippen molar-refractivity contribution in [3.63, 3.8) is 0 Å². The van der Waals surface area contributed by atoms with E-state index in [1.807, 2.05) is 6.92 Å². The summed E-state index contributed by atoms with van der Waals surface area (Å²) in [6, 6.07) is 1.68. The van der Waals surface area contributed by atoms with Crippen molar-refractivity contribution in [1.82, 2.24) is 5.32 Å². The van der Waals surface area contributed by atoms with Gasteiger partial charge in [-0.2, -0.15) is 0 Å². The topological polar surface area (TPSA) is 21.3 Å². The van der Waals surface area contributed by atoms with Crippen molar-refractivity contribution in [2.24, 2.45) is 0 Å². The van der Waals surface area contributed by atoms with Crippen molar-refractivity contribution in [1.29, 1.82) is 0 Å². The fourth-order valence-corrected chi connectivity index (χ4v) is 2.69. The monoisotopic (exact) mass is 287 g/mol. The Morgan fingerprint density at radius 3 is 2.88 bits per heavy atom. The quantitative estimate of drug-likeness (QED) is 0.901. The minimum atomic E-state index is -0.302. The molecule has 0 spiro atoms. The smallest absolute Gasteiger partial charge is 0.166 e. The lowest BCUT2D eigenvalue weighted by Gasteiger charge is -2.19. The van der Waals surface area contributed by atoms with E-state index >= 15 is 0 Å². The van der Waals surface area contributed by atoms with Gasteiger partial charge in [0.1, 0.15) is 0 Å². The summed E-state index contributed by atoms with van der Waals surface area (Å²) in [4.78, 5) is 0. The largest absolute Gasteiger partial charge is 0.493 e. The zero-order chi connectivity index (χ0) is 11.7. The van der Waals surface area contributed by atoms with Crippen molar-refractivity contribution in [3.8, 4) is 5.75 Å². The molecule has 1 aromatic carbocycles. The predicted molar refractivity (Wildman–Crippen MR) is 65.4 cm³/mol. The first-order valence-corrected chi connectivity index (χ1v) is 6.20. The zero-order valence-electron chi connectivity index (χ0n) is 9.44. The molecule has 0 saturated carbocycles. The van der Waals surface area contributed by atoms with Crippen LogP contribution in [0.5, 0.6) is 5.75 Å². The van der Waals surface area contributed by atoms with Crippen LogP contribution >= 0.6 is 15.9 Å². The minimum absolute atomic E-state index is 0.210. The van der Waals surface area contributed by atoms with E-state index in [9.17, 15) is 4.39 Å². The lowest BCUT2D eigenvalue weighted by Crippen LogP contribution is -2.16. The van der Waals surface area contributed by atoms with Crippen LogP contribution < -0.4 is 10.1 Å². The van der Waals surface area contributed by atoms with Gasteiger partial charge in [-0.25, -0.2) is 4.39 Å². The van der Waals surface area contributed by atoms with Crippen LogP contribution in [0.3, 0.4) is 0 Å². The van der Waals surface area contributed by atoms with Crippen LogP contribution in [-0.4, -0.2) is 13.7 Å². The molecule has 2 rings (SSSR count). The predicted octanol–water partition coefficient (Wildman–Crippen LogP) is 3.33. The Kier molecular flexibility index (Phi) is 3.50. The van der Waals surface area contributed by atoms with Crippen molar-refractivity contribution in [3.05, 3.63) is 27.5 Å². The Bertz CT molecular complexity index is 402.